The summed E-state index contributed by atoms with van der Waals surface area (Å²) in [6.07, 6.45) is 5.61. The van der Waals surface area contributed by atoms with Crippen molar-refractivity contribution in [2.75, 3.05) is 11.4 Å². The third-order valence-corrected chi connectivity index (χ3v) is 3.43. The molecule has 2 heterocycles. The van der Waals surface area contributed by atoms with Crippen molar-refractivity contribution >= 4 is 5.82 Å². The standard InChI is InChI=1S/C13H21N3/c1-3-11-6-5-9-16(11)13-12(10(2)14)7-4-8-15-13/h4,7-8,10-11H,3,5-6,9,14H2,1-2H3/t10-,11?/m0/s1. The molecule has 1 unspecified atom stereocenters. The van der Waals surface area contributed by atoms with Gasteiger partial charge in [0.1, 0.15) is 5.82 Å². The summed E-state index contributed by atoms with van der Waals surface area (Å²) in [5, 5.41) is 0. The zero-order chi connectivity index (χ0) is 11.5. The maximum Gasteiger partial charge on any atom is 0.133 e. The Morgan fingerprint density at radius 2 is 2.44 bits per heavy atom. The molecule has 1 aromatic heterocycles. The molecule has 3 nitrogen and oxygen atoms in total. The van der Waals surface area contributed by atoms with E-state index in [-0.39, 0.29) is 6.04 Å². The molecule has 16 heavy (non-hydrogen) atoms. The molecule has 0 bridgehead atoms. The van der Waals surface area contributed by atoms with E-state index in [9.17, 15) is 0 Å². The molecule has 2 rings (SSSR count). The fraction of sp³-hybridized carbons (Fsp3) is 0.615. The van der Waals surface area contributed by atoms with Crippen LogP contribution in [0.3, 0.4) is 0 Å². The molecule has 0 aromatic carbocycles. The fourth-order valence-corrected chi connectivity index (χ4v) is 2.54. The highest BCUT2D eigenvalue weighted by atomic mass is 15.2. The molecule has 0 spiro atoms. The van der Waals surface area contributed by atoms with Gasteiger partial charge in [-0.05, 0) is 32.3 Å². The molecule has 2 atom stereocenters. The minimum absolute atomic E-state index is 0.0572. The van der Waals surface area contributed by atoms with Crippen molar-refractivity contribution in [1.29, 1.82) is 0 Å². The highest BCUT2D eigenvalue weighted by molar-refractivity contribution is 5.49. The van der Waals surface area contributed by atoms with Crippen molar-refractivity contribution in [1.82, 2.24) is 4.98 Å². The van der Waals surface area contributed by atoms with E-state index in [0.29, 0.717) is 6.04 Å². The van der Waals surface area contributed by atoms with Crippen LogP contribution in [-0.4, -0.2) is 17.6 Å². The quantitative estimate of drug-likeness (QED) is 0.849. The maximum atomic E-state index is 6.00. The lowest BCUT2D eigenvalue weighted by Crippen LogP contribution is -2.31. The Labute approximate surface area is 97.7 Å². The van der Waals surface area contributed by atoms with Crippen molar-refractivity contribution in [3.05, 3.63) is 23.9 Å². The van der Waals surface area contributed by atoms with Gasteiger partial charge in [-0.2, -0.15) is 0 Å². The Hall–Kier alpha value is -1.09. The van der Waals surface area contributed by atoms with Crippen molar-refractivity contribution in [3.8, 4) is 0 Å². The number of hydrogen-bond acceptors (Lipinski definition) is 3. The van der Waals surface area contributed by atoms with E-state index in [2.05, 4.69) is 22.9 Å². The Bertz CT molecular complexity index is 349. The van der Waals surface area contributed by atoms with E-state index in [0.717, 1.165) is 12.4 Å². The van der Waals surface area contributed by atoms with Crippen molar-refractivity contribution in [2.24, 2.45) is 5.73 Å². The van der Waals surface area contributed by atoms with Crippen molar-refractivity contribution in [3.63, 3.8) is 0 Å². The van der Waals surface area contributed by atoms with Crippen LogP contribution < -0.4 is 10.6 Å². The van der Waals surface area contributed by atoms with Crippen LogP contribution in [0.25, 0.3) is 0 Å². The van der Waals surface area contributed by atoms with Crippen molar-refractivity contribution < 1.29 is 0 Å². The van der Waals surface area contributed by atoms with Gasteiger partial charge < -0.3 is 10.6 Å². The lowest BCUT2D eigenvalue weighted by atomic mass is 10.1. The van der Waals surface area contributed by atoms with E-state index in [4.69, 9.17) is 5.73 Å². The molecule has 0 aliphatic carbocycles. The van der Waals surface area contributed by atoms with Gasteiger partial charge in [-0.25, -0.2) is 4.98 Å². The summed E-state index contributed by atoms with van der Waals surface area (Å²) in [5.74, 6) is 1.10. The fourth-order valence-electron chi connectivity index (χ4n) is 2.54. The van der Waals surface area contributed by atoms with E-state index < -0.39 is 0 Å². The van der Waals surface area contributed by atoms with Gasteiger partial charge >= 0.3 is 0 Å². The number of rotatable bonds is 3. The first-order valence-electron chi connectivity index (χ1n) is 6.21. The predicted octanol–water partition coefficient (Wildman–Crippen LogP) is 2.48. The van der Waals surface area contributed by atoms with Crippen LogP contribution in [-0.2, 0) is 0 Å². The third kappa shape index (κ3) is 2.05. The Morgan fingerprint density at radius 3 is 3.12 bits per heavy atom. The largest absolute Gasteiger partial charge is 0.353 e. The van der Waals surface area contributed by atoms with Gasteiger partial charge in [0.25, 0.3) is 0 Å². The van der Waals surface area contributed by atoms with E-state index in [1.165, 1.54) is 24.8 Å². The summed E-state index contributed by atoms with van der Waals surface area (Å²) in [5.41, 5.74) is 7.17. The summed E-state index contributed by atoms with van der Waals surface area (Å²) >= 11 is 0. The second-order valence-corrected chi connectivity index (χ2v) is 4.60. The Morgan fingerprint density at radius 1 is 1.62 bits per heavy atom. The minimum Gasteiger partial charge on any atom is -0.353 e. The molecule has 88 valence electrons. The number of nitrogens with two attached hydrogens (primary N) is 1. The number of nitrogens with zero attached hydrogens (tertiary/aromatic N) is 2. The molecule has 1 aromatic rings. The summed E-state index contributed by atoms with van der Waals surface area (Å²) in [6.45, 7) is 5.39. The minimum atomic E-state index is 0.0572. The number of hydrogen-bond donors (Lipinski definition) is 1. The zero-order valence-corrected chi connectivity index (χ0v) is 10.2. The summed E-state index contributed by atoms with van der Waals surface area (Å²) in [6, 6.07) is 4.77. The smallest absolute Gasteiger partial charge is 0.133 e. The molecule has 2 N–H and O–H groups in total. The lowest BCUT2D eigenvalue weighted by Gasteiger charge is -2.27. The highest BCUT2D eigenvalue weighted by Gasteiger charge is 2.26. The van der Waals surface area contributed by atoms with E-state index in [1.54, 1.807) is 0 Å². The normalized spacial score (nSPS) is 22.4. The molecule has 0 saturated carbocycles. The molecule has 1 fully saturated rings. The zero-order valence-electron chi connectivity index (χ0n) is 10.2. The lowest BCUT2D eigenvalue weighted by molar-refractivity contribution is 0.635. The first kappa shape index (κ1) is 11.4. The van der Waals surface area contributed by atoms with Gasteiger partial charge in [0, 0.05) is 30.4 Å². The van der Waals surface area contributed by atoms with Gasteiger partial charge in [0.15, 0.2) is 0 Å². The average molecular weight is 219 g/mol. The van der Waals surface area contributed by atoms with Crippen LogP contribution >= 0.6 is 0 Å². The van der Waals surface area contributed by atoms with Gasteiger partial charge in [0.2, 0.25) is 0 Å². The van der Waals surface area contributed by atoms with Crippen LogP contribution in [0, 0.1) is 0 Å². The molecule has 0 amide bonds. The SMILES string of the molecule is CCC1CCCN1c1ncccc1[C@H](C)N. The van der Waals surface area contributed by atoms with Crippen LogP contribution in [0.4, 0.5) is 5.82 Å². The molecule has 1 aliphatic rings. The maximum absolute atomic E-state index is 6.00. The summed E-state index contributed by atoms with van der Waals surface area (Å²) < 4.78 is 0. The third-order valence-electron chi connectivity index (χ3n) is 3.43. The summed E-state index contributed by atoms with van der Waals surface area (Å²) in [7, 11) is 0. The molecular formula is C13H21N3. The predicted molar refractivity (Wildman–Crippen MR) is 67.5 cm³/mol. The van der Waals surface area contributed by atoms with Crippen molar-refractivity contribution in [2.45, 2.75) is 45.2 Å². The van der Waals surface area contributed by atoms with Gasteiger partial charge in [0.05, 0.1) is 0 Å². The molecule has 3 heteroatoms. The first-order chi connectivity index (χ1) is 7.74. The van der Waals surface area contributed by atoms with Gasteiger partial charge in [-0.15, -0.1) is 0 Å². The van der Waals surface area contributed by atoms with Gasteiger partial charge in [-0.3, -0.25) is 0 Å². The van der Waals surface area contributed by atoms with Crippen LogP contribution in [0.2, 0.25) is 0 Å². The Kier molecular flexibility index (Phi) is 3.44. The molecule has 1 saturated heterocycles. The number of anilines is 1. The monoisotopic (exact) mass is 219 g/mol. The summed E-state index contributed by atoms with van der Waals surface area (Å²) in [4.78, 5) is 6.96. The van der Waals surface area contributed by atoms with Crippen LogP contribution in [0.5, 0.6) is 0 Å². The van der Waals surface area contributed by atoms with E-state index >= 15 is 0 Å². The number of pyridine rings is 1. The Balaban J connectivity index is 2.32. The second-order valence-electron chi connectivity index (χ2n) is 4.60. The van der Waals surface area contributed by atoms with Crippen LogP contribution in [0.1, 0.15) is 44.7 Å². The molecular weight excluding hydrogens is 198 g/mol. The molecule has 1 aliphatic heterocycles. The first-order valence-corrected chi connectivity index (χ1v) is 6.21. The average Bonchev–Trinajstić information content (AvgIpc) is 2.76. The topological polar surface area (TPSA) is 42.2 Å². The van der Waals surface area contributed by atoms with Crippen LogP contribution in [0.15, 0.2) is 18.3 Å². The second kappa shape index (κ2) is 4.83. The highest BCUT2D eigenvalue weighted by Crippen LogP contribution is 2.30. The van der Waals surface area contributed by atoms with E-state index in [1.807, 2.05) is 19.2 Å². The van der Waals surface area contributed by atoms with Gasteiger partial charge in [-0.1, -0.05) is 13.0 Å². The molecule has 0 radical (unpaired) electrons. The number of aromatic nitrogens is 1.